The molecule has 3 rings (SSSR count). The molecule has 146 valence electrons. The number of aromatic nitrogens is 2. The fourth-order valence-corrected chi connectivity index (χ4v) is 3.35. The maximum absolute atomic E-state index is 14.4. The molecule has 2 aromatic rings. The molecular weight excluding hydrogens is 388 g/mol. The third-order valence-corrected chi connectivity index (χ3v) is 4.81. The lowest BCUT2D eigenvalue weighted by Crippen LogP contribution is -2.23. The van der Waals surface area contributed by atoms with Crippen molar-refractivity contribution in [1.29, 1.82) is 0 Å². The molecular formula is C18H17ClF4N2O2. The molecule has 0 spiro atoms. The van der Waals surface area contributed by atoms with E-state index >= 15 is 0 Å². The van der Waals surface area contributed by atoms with Gasteiger partial charge in [-0.05, 0) is 37.8 Å². The smallest absolute Gasteiger partial charge is 0.433 e. The molecule has 0 N–H and O–H groups in total. The lowest BCUT2D eigenvalue weighted by molar-refractivity contribution is -0.144. The van der Waals surface area contributed by atoms with Gasteiger partial charge in [0.05, 0.1) is 11.1 Å². The van der Waals surface area contributed by atoms with E-state index in [0.717, 1.165) is 45.2 Å². The zero-order valence-electron chi connectivity index (χ0n) is 14.4. The Kier molecular flexibility index (Phi) is 5.46. The molecule has 0 bridgehead atoms. The van der Waals surface area contributed by atoms with Crippen LogP contribution in [0.5, 0.6) is 5.75 Å². The number of benzene rings is 1. The SMILES string of the molecule is Cn1nc(-c2cc(OC3CCCCC3)c(Cl)cc2F)c(=O)cc1C(F)(F)F. The molecule has 0 aliphatic heterocycles. The Balaban J connectivity index is 2.02. The maximum Gasteiger partial charge on any atom is 0.433 e. The van der Waals surface area contributed by atoms with E-state index in [2.05, 4.69) is 5.10 Å². The zero-order valence-corrected chi connectivity index (χ0v) is 15.2. The van der Waals surface area contributed by atoms with E-state index in [9.17, 15) is 22.4 Å². The van der Waals surface area contributed by atoms with Gasteiger partial charge in [0, 0.05) is 18.7 Å². The highest BCUT2D eigenvalue weighted by molar-refractivity contribution is 6.32. The minimum Gasteiger partial charge on any atom is -0.489 e. The van der Waals surface area contributed by atoms with Gasteiger partial charge >= 0.3 is 6.18 Å². The highest BCUT2D eigenvalue weighted by Gasteiger charge is 2.35. The Bertz CT molecular complexity index is 905. The van der Waals surface area contributed by atoms with E-state index in [4.69, 9.17) is 16.3 Å². The number of nitrogens with zero attached hydrogens (tertiary/aromatic N) is 2. The van der Waals surface area contributed by atoms with Gasteiger partial charge in [0.25, 0.3) is 0 Å². The predicted molar refractivity (Wildman–Crippen MR) is 92.4 cm³/mol. The first kappa shape index (κ1) is 19.7. The molecule has 0 saturated heterocycles. The number of ether oxygens (including phenoxy) is 1. The average molecular weight is 405 g/mol. The van der Waals surface area contributed by atoms with Crippen LogP contribution in [0.15, 0.2) is 23.0 Å². The van der Waals surface area contributed by atoms with Crippen molar-refractivity contribution < 1.29 is 22.3 Å². The summed E-state index contributed by atoms with van der Waals surface area (Å²) in [5, 5.41) is 3.67. The highest BCUT2D eigenvalue weighted by Crippen LogP contribution is 2.35. The molecule has 0 amide bonds. The molecule has 1 aliphatic rings. The minimum absolute atomic E-state index is 0.0329. The Morgan fingerprint density at radius 3 is 2.48 bits per heavy atom. The first-order valence-corrected chi connectivity index (χ1v) is 8.86. The normalized spacial score (nSPS) is 15.8. The third-order valence-electron chi connectivity index (χ3n) is 4.51. The lowest BCUT2D eigenvalue weighted by atomic mass is 9.98. The summed E-state index contributed by atoms with van der Waals surface area (Å²) in [5.74, 6) is -0.677. The van der Waals surface area contributed by atoms with E-state index in [1.54, 1.807) is 0 Å². The second-order valence-electron chi connectivity index (χ2n) is 6.50. The van der Waals surface area contributed by atoms with Crippen molar-refractivity contribution >= 4 is 11.6 Å². The molecule has 0 unspecified atom stereocenters. The van der Waals surface area contributed by atoms with E-state index in [-0.39, 0.29) is 22.4 Å². The summed E-state index contributed by atoms with van der Waals surface area (Å²) in [6.45, 7) is 0. The van der Waals surface area contributed by atoms with Gasteiger partial charge in [0.1, 0.15) is 23.0 Å². The lowest BCUT2D eigenvalue weighted by Gasteiger charge is -2.24. The number of halogens is 5. The summed E-state index contributed by atoms with van der Waals surface area (Å²) in [6.07, 6.45) is 0.000450. The van der Waals surface area contributed by atoms with Crippen LogP contribution in [0.25, 0.3) is 11.3 Å². The van der Waals surface area contributed by atoms with Crippen molar-refractivity contribution in [3.8, 4) is 17.0 Å². The van der Waals surface area contributed by atoms with Crippen LogP contribution >= 0.6 is 11.6 Å². The van der Waals surface area contributed by atoms with Crippen molar-refractivity contribution in [2.75, 3.05) is 0 Å². The summed E-state index contributed by atoms with van der Waals surface area (Å²) < 4.78 is 59.5. The number of alkyl halides is 3. The van der Waals surface area contributed by atoms with Crippen molar-refractivity contribution in [3.63, 3.8) is 0 Å². The molecule has 1 fully saturated rings. The van der Waals surface area contributed by atoms with Gasteiger partial charge in [-0.2, -0.15) is 18.3 Å². The highest BCUT2D eigenvalue weighted by atomic mass is 35.5. The summed E-state index contributed by atoms with van der Waals surface area (Å²) >= 11 is 6.05. The molecule has 1 aliphatic carbocycles. The minimum atomic E-state index is -4.74. The van der Waals surface area contributed by atoms with Gasteiger partial charge in [-0.25, -0.2) is 4.39 Å². The molecule has 27 heavy (non-hydrogen) atoms. The number of aryl methyl sites for hydroxylation is 1. The Hall–Kier alpha value is -2.09. The third kappa shape index (κ3) is 4.26. The summed E-state index contributed by atoms with van der Waals surface area (Å²) in [7, 11) is 1.04. The van der Waals surface area contributed by atoms with Gasteiger partial charge in [-0.1, -0.05) is 18.0 Å². The summed E-state index contributed by atoms with van der Waals surface area (Å²) in [5.41, 5.74) is -2.94. The van der Waals surface area contributed by atoms with Crippen LogP contribution < -0.4 is 10.2 Å². The Labute approximate surface area is 157 Å². The molecule has 1 aromatic carbocycles. The molecule has 0 radical (unpaired) electrons. The topological polar surface area (TPSA) is 44.1 Å². The van der Waals surface area contributed by atoms with Crippen molar-refractivity contribution in [3.05, 3.63) is 45.0 Å². The molecule has 4 nitrogen and oxygen atoms in total. The maximum atomic E-state index is 14.4. The molecule has 1 heterocycles. The molecule has 0 atom stereocenters. The van der Waals surface area contributed by atoms with Crippen LogP contribution in [0, 0.1) is 5.82 Å². The van der Waals surface area contributed by atoms with E-state index < -0.39 is 28.8 Å². The zero-order chi connectivity index (χ0) is 19.8. The van der Waals surface area contributed by atoms with Gasteiger partial charge in [-0.15, -0.1) is 0 Å². The first-order chi connectivity index (χ1) is 12.7. The second kappa shape index (κ2) is 7.50. The van der Waals surface area contributed by atoms with Gasteiger partial charge in [0.15, 0.2) is 0 Å². The molecule has 1 aromatic heterocycles. The first-order valence-electron chi connectivity index (χ1n) is 8.48. The van der Waals surface area contributed by atoms with E-state index in [1.807, 2.05) is 0 Å². The Morgan fingerprint density at radius 1 is 1.19 bits per heavy atom. The summed E-state index contributed by atoms with van der Waals surface area (Å²) in [6, 6.07) is 2.61. The quantitative estimate of drug-likeness (QED) is 0.678. The number of rotatable bonds is 3. The van der Waals surface area contributed by atoms with E-state index in [1.165, 1.54) is 6.07 Å². The fraction of sp³-hybridized carbons (Fsp3) is 0.444. The summed E-state index contributed by atoms with van der Waals surface area (Å²) in [4.78, 5) is 12.2. The monoisotopic (exact) mass is 404 g/mol. The van der Waals surface area contributed by atoms with Crippen LogP contribution in [0.4, 0.5) is 17.6 Å². The van der Waals surface area contributed by atoms with Crippen LogP contribution in [-0.2, 0) is 13.2 Å². The fourth-order valence-electron chi connectivity index (χ4n) is 3.15. The predicted octanol–water partition coefficient (Wildman–Crippen LogP) is 4.97. The molecule has 9 heteroatoms. The average Bonchev–Trinajstić information content (AvgIpc) is 2.59. The number of hydrogen-bond donors (Lipinski definition) is 0. The largest absolute Gasteiger partial charge is 0.489 e. The van der Waals surface area contributed by atoms with Crippen LogP contribution in [0.1, 0.15) is 37.8 Å². The van der Waals surface area contributed by atoms with Crippen molar-refractivity contribution in [2.24, 2.45) is 7.05 Å². The number of hydrogen-bond acceptors (Lipinski definition) is 3. The van der Waals surface area contributed by atoms with Crippen LogP contribution in [-0.4, -0.2) is 15.9 Å². The standard InChI is InChI=1S/C18H17ClF4N2O2/c1-25-16(18(21,22)23)9-14(26)17(24-25)11-7-15(12(19)8-13(11)20)27-10-5-3-2-4-6-10/h7-10H,2-6H2,1H3. The molecule has 1 saturated carbocycles. The van der Waals surface area contributed by atoms with Crippen LogP contribution in [0.2, 0.25) is 5.02 Å². The van der Waals surface area contributed by atoms with Crippen molar-refractivity contribution in [1.82, 2.24) is 9.78 Å². The van der Waals surface area contributed by atoms with Gasteiger partial charge < -0.3 is 4.74 Å². The van der Waals surface area contributed by atoms with Crippen LogP contribution in [0.3, 0.4) is 0 Å². The van der Waals surface area contributed by atoms with Gasteiger partial charge in [-0.3, -0.25) is 9.48 Å². The Morgan fingerprint density at radius 2 is 1.85 bits per heavy atom. The van der Waals surface area contributed by atoms with E-state index in [0.29, 0.717) is 10.7 Å². The van der Waals surface area contributed by atoms with Gasteiger partial charge in [0.2, 0.25) is 5.43 Å². The van der Waals surface area contributed by atoms with Crippen molar-refractivity contribution in [2.45, 2.75) is 44.4 Å². The second-order valence-corrected chi connectivity index (χ2v) is 6.91.